The lowest BCUT2D eigenvalue weighted by Gasteiger charge is -2.22. The van der Waals surface area contributed by atoms with E-state index in [1.165, 1.54) is 5.56 Å². The number of hydrogen-bond donors (Lipinski definition) is 2. The molecule has 1 fully saturated rings. The SMILES string of the molecule is CN=C(NCc1cccc(C(N)=O)c1)N1CCC(COCc2ccccc2)C1.I. The van der Waals surface area contributed by atoms with Crippen LogP contribution in [0.4, 0.5) is 0 Å². The van der Waals surface area contributed by atoms with E-state index in [0.717, 1.165) is 37.6 Å². The lowest BCUT2D eigenvalue weighted by Crippen LogP contribution is -2.39. The Morgan fingerprint density at radius 2 is 1.97 bits per heavy atom. The molecule has 1 heterocycles. The molecule has 156 valence electrons. The summed E-state index contributed by atoms with van der Waals surface area (Å²) in [7, 11) is 1.79. The van der Waals surface area contributed by atoms with Crippen LogP contribution in [0.3, 0.4) is 0 Å². The molecule has 1 amide bonds. The van der Waals surface area contributed by atoms with Crippen molar-refractivity contribution in [2.24, 2.45) is 16.6 Å². The van der Waals surface area contributed by atoms with E-state index in [9.17, 15) is 4.79 Å². The standard InChI is InChI=1S/C22H28N4O2.HI/c1-24-22(25-13-18-8-5-9-20(12-18)21(23)27)26-11-10-19(14-26)16-28-15-17-6-3-2-4-7-17;/h2-9,12,19H,10-11,13-16H2,1H3,(H2,23,27)(H,24,25);1H. The van der Waals surface area contributed by atoms with Crippen LogP contribution in [-0.4, -0.2) is 43.5 Å². The second-order valence-corrected chi connectivity index (χ2v) is 7.07. The summed E-state index contributed by atoms with van der Waals surface area (Å²) >= 11 is 0. The molecule has 1 aliphatic rings. The van der Waals surface area contributed by atoms with Crippen molar-refractivity contribution in [3.05, 3.63) is 71.3 Å². The van der Waals surface area contributed by atoms with Gasteiger partial charge in [-0.1, -0.05) is 42.5 Å². The third-order valence-electron chi connectivity index (χ3n) is 4.92. The fourth-order valence-electron chi connectivity index (χ4n) is 3.43. The average molecular weight is 508 g/mol. The maximum absolute atomic E-state index is 11.3. The second kappa shape index (κ2) is 11.8. The number of halogens is 1. The summed E-state index contributed by atoms with van der Waals surface area (Å²) in [5.41, 5.74) is 8.07. The number of likely N-dealkylation sites (tertiary alicyclic amines) is 1. The van der Waals surface area contributed by atoms with E-state index in [-0.39, 0.29) is 24.0 Å². The van der Waals surface area contributed by atoms with Crippen molar-refractivity contribution in [3.63, 3.8) is 0 Å². The van der Waals surface area contributed by atoms with Crippen molar-refractivity contribution >= 4 is 35.8 Å². The van der Waals surface area contributed by atoms with Crippen LogP contribution in [-0.2, 0) is 17.9 Å². The average Bonchev–Trinajstić information content (AvgIpc) is 3.18. The molecular formula is C22H29IN4O2. The molecule has 1 saturated heterocycles. The van der Waals surface area contributed by atoms with Gasteiger partial charge in [-0.05, 0) is 29.7 Å². The summed E-state index contributed by atoms with van der Waals surface area (Å²) in [5, 5.41) is 3.38. The van der Waals surface area contributed by atoms with Gasteiger partial charge in [-0.25, -0.2) is 0 Å². The number of hydrogen-bond acceptors (Lipinski definition) is 3. The minimum absolute atomic E-state index is 0. The summed E-state index contributed by atoms with van der Waals surface area (Å²) in [6, 6.07) is 17.6. The van der Waals surface area contributed by atoms with E-state index in [0.29, 0.717) is 24.6 Å². The highest BCUT2D eigenvalue weighted by Crippen LogP contribution is 2.17. The van der Waals surface area contributed by atoms with E-state index in [1.54, 1.807) is 13.1 Å². The van der Waals surface area contributed by atoms with Crippen molar-refractivity contribution in [2.75, 3.05) is 26.7 Å². The molecular weight excluding hydrogens is 479 g/mol. The summed E-state index contributed by atoms with van der Waals surface area (Å²) < 4.78 is 5.90. The topological polar surface area (TPSA) is 79.9 Å². The molecule has 2 aromatic rings. The molecule has 0 radical (unpaired) electrons. The van der Waals surface area contributed by atoms with Gasteiger partial charge in [0.25, 0.3) is 0 Å². The van der Waals surface area contributed by atoms with Crippen molar-refractivity contribution < 1.29 is 9.53 Å². The number of nitrogens with zero attached hydrogens (tertiary/aromatic N) is 2. The number of carbonyl (C=O) groups is 1. The Kier molecular flexibility index (Phi) is 9.40. The molecule has 0 aliphatic carbocycles. The zero-order chi connectivity index (χ0) is 19.8. The Hall–Kier alpha value is -2.13. The Morgan fingerprint density at radius 1 is 1.21 bits per heavy atom. The Morgan fingerprint density at radius 3 is 2.69 bits per heavy atom. The van der Waals surface area contributed by atoms with E-state index in [2.05, 4.69) is 27.3 Å². The number of amides is 1. The van der Waals surface area contributed by atoms with E-state index >= 15 is 0 Å². The Balaban J connectivity index is 0.00000300. The van der Waals surface area contributed by atoms with Crippen LogP contribution in [0.2, 0.25) is 0 Å². The normalized spacial score (nSPS) is 16.4. The smallest absolute Gasteiger partial charge is 0.248 e. The van der Waals surface area contributed by atoms with Crippen LogP contribution in [0.5, 0.6) is 0 Å². The van der Waals surface area contributed by atoms with Crippen molar-refractivity contribution in [1.29, 1.82) is 0 Å². The van der Waals surface area contributed by atoms with Gasteiger partial charge in [-0.15, -0.1) is 24.0 Å². The predicted molar refractivity (Wildman–Crippen MR) is 126 cm³/mol. The van der Waals surface area contributed by atoms with Crippen LogP contribution in [0.1, 0.15) is 27.9 Å². The van der Waals surface area contributed by atoms with Gasteiger partial charge in [0.05, 0.1) is 13.2 Å². The van der Waals surface area contributed by atoms with E-state index < -0.39 is 5.91 Å². The number of guanidine groups is 1. The third kappa shape index (κ3) is 7.01. The second-order valence-electron chi connectivity index (χ2n) is 7.07. The van der Waals surface area contributed by atoms with Gasteiger partial charge in [-0.3, -0.25) is 9.79 Å². The number of primary amides is 1. The molecule has 2 aromatic carbocycles. The molecule has 0 saturated carbocycles. The largest absolute Gasteiger partial charge is 0.376 e. The number of aliphatic imine (C=N–C) groups is 1. The van der Waals surface area contributed by atoms with Gasteiger partial charge >= 0.3 is 0 Å². The quantitative estimate of drug-likeness (QED) is 0.343. The number of nitrogens with two attached hydrogens (primary N) is 1. The zero-order valence-electron chi connectivity index (χ0n) is 16.7. The molecule has 1 atom stereocenters. The Labute approximate surface area is 189 Å². The zero-order valence-corrected chi connectivity index (χ0v) is 19.0. The molecule has 3 rings (SSSR count). The van der Waals surface area contributed by atoms with Crippen molar-refractivity contribution in [2.45, 2.75) is 19.6 Å². The number of carbonyl (C=O) groups excluding carboxylic acids is 1. The maximum Gasteiger partial charge on any atom is 0.248 e. The lowest BCUT2D eigenvalue weighted by molar-refractivity contribution is 0.0906. The molecule has 3 N–H and O–H groups in total. The molecule has 6 nitrogen and oxygen atoms in total. The highest BCUT2D eigenvalue weighted by atomic mass is 127. The van der Waals surface area contributed by atoms with Gasteiger partial charge in [0.15, 0.2) is 5.96 Å². The molecule has 1 unspecified atom stereocenters. The summed E-state index contributed by atoms with van der Waals surface area (Å²) in [4.78, 5) is 18.0. The molecule has 1 aliphatic heterocycles. The van der Waals surface area contributed by atoms with Gasteiger partial charge in [-0.2, -0.15) is 0 Å². The van der Waals surface area contributed by atoms with Gasteiger partial charge in [0.2, 0.25) is 5.91 Å². The first kappa shape index (κ1) is 23.2. The highest BCUT2D eigenvalue weighted by molar-refractivity contribution is 14.0. The molecule has 29 heavy (non-hydrogen) atoms. The van der Waals surface area contributed by atoms with E-state index in [4.69, 9.17) is 10.5 Å². The van der Waals surface area contributed by atoms with Crippen LogP contribution in [0.25, 0.3) is 0 Å². The maximum atomic E-state index is 11.3. The number of nitrogens with one attached hydrogen (secondary N) is 1. The fourth-order valence-corrected chi connectivity index (χ4v) is 3.43. The van der Waals surface area contributed by atoms with Gasteiger partial charge < -0.3 is 20.7 Å². The van der Waals surface area contributed by atoms with Crippen molar-refractivity contribution in [1.82, 2.24) is 10.2 Å². The first-order valence-corrected chi connectivity index (χ1v) is 9.61. The van der Waals surface area contributed by atoms with Crippen LogP contribution in [0, 0.1) is 5.92 Å². The van der Waals surface area contributed by atoms with Crippen LogP contribution >= 0.6 is 24.0 Å². The summed E-state index contributed by atoms with van der Waals surface area (Å²) in [6.45, 7) is 3.89. The van der Waals surface area contributed by atoms with Crippen molar-refractivity contribution in [3.8, 4) is 0 Å². The number of benzene rings is 2. The minimum Gasteiger partial charge on any atom is -0.376 e. The molecule has 0 aromatic heterocycles. The highest BCUT2D eigenvalue weighted by Gasteiger charge is 2.25. The number of ether oxygens (including phenoxy) is 1. The predicted octanol–water partition coefficient (Wildman–Crippen LogP) is 3.02. The first-order valence-electron chi connectivity index (χ1n) is 9.61. The third-order valence-corrected chi connectivity index (χ3v) is 4.92. The van der Waals surface area contributed by atoms with Gasteiger partial charge in [0, 0.05) is 38.2 Å². The lowest BCUT2D eigenvalue weighted by atomic mass is 10.1. The minimum atomic E-state index is -0.413. The molecule has 0 spiro atoms. The molecule has 7 heteroatoms. The number of rotatable bonds is 7. The summed E-state index contributed by atoms with van der Waals surface area (Å²) in [6.07, 6.45) is 1.09. The summed E-state index contributed by atoms with van der Waals surface area (Å²) in [5.74, 6) is 0.958. The first-order chi connectivity index (χ1) is 13.7. The van der Waals surface area contributed by atoms with Crippen LogP contribution < -0.4 is 11.1 Å². The fraction of sp³-hybridized carbons (Fsp3) is 0.364. The van der Waals surface area contributed by atoms with E-state index in [1.807, 2.05) is 36.4 Å². The van der Waals surface area contributed by atoms with Crippen LogP contribution in [0.15, 0.2) is 59.6 Å². The molecule has 0 bridgehead atoms. The Bertz CT molecular complexity index is 813. The van der Waals surface area contributed by atoms with Gasteiger partial charge in [0.1, 0.15) is 0 Å². The monoisotopic (exact) mass is 508 g/mol.